The van der Waals surface area contributed by atoms with E-state index in [9.17, 15) is 9.59 Å². The lowest BCUT2D eigenvalue weighted by Gasteiger charge is -2.17. The second-order valence-corrected chi connectivity index (χ2v) is 5.95. The van der Waals surface area contributed by atoms with Crippen LogP contribution >= 0.6 is 11.3 Å². The van der Waals surface area contributed by atoms with Crippen molar-refractivity contribution in [2.75, 3.05) is 27.8 Å². The minimum Gasteiger partial charge on any atom is -0.497 e. The summed E-state index contributed by atoms with van der Waals surface area (Å²) in [5.74, 6) is 0.509. The predicted molar refractivity (Wildman–Crippen MR) is 92.7 cm³/mol. The number of likely N-dealkylation sites (N-methyl/N-ethyl adjacent to an activating group) is 1. The molecule has 2 aromatic rings. The quantitative estimate of drug-likeness (QED) is 0.832. The van der Waals surface area contributed by atoms with Gasteiger partial charge in [-0.3, -0.25) is 9.59 Å². The minimum atomic E-state index is -0.357. The third-order valence-corrected chi connectivity index (χ3v) is 4.17. The number of carbonyl (C=O) groups is 2. The molecule has 0 radical (unpaired) electrons. The molecule has 0 aliphatic heterocycles. The van der Waals surface area contributed by atoms with Crippen LogP contribution in [0.15, 0.2) is 35.0 Å². The summed E-state index contributed by atoms with van der Waals surface area (Å²) in [6, 6.07) is 6.83. The van der Waals surface area contributed by atoms with Gasteiger partial charge in [-0.05, 0) is 34.5 Å². The van der Waals surface area contributed by atoms with Crippen LogP contribution in [0, 0.1) is 0 Å². The lowest BCUT2D eigenvalue weighted by Crippen LogP contribution is -2.37. The van der Waals surface area contributed by atoms with E-state index in [1.54, 1.807) is 41.5 Å². The van der Waals surface area contributed by atoms with Crippen LogP contribution in [-0.2, 0) is 11.3 Å². The van der Waals surface area contributed by atoms with Crippen molar-refractivity contribution in [1.82, 2.24) is 10.2 Å². The molecule has 6 nitrogen and oxygen atoms in total. The van der Waals surface area contributed by atoms with Gasteiger partial charge in [0.25, 0.3) is 5.91 Å². The highest BCUT2D eigenvalue weighted by Crippen LogP contribution is 2.22. The van der Waals surface area contributed by atoms with E-state index in [0.717, 1.165) is 5.56 Å². The molecule has 0 aliphatic carbocycles. The first-order valence-electron chi connectivity index (χ1n) is 7.29. The van der Waals surface area contributed by atoms with Gasteiger partial charge in [0.1, 0.15) is 11.5 Å². The van der Waals surface area contributed by atoms with Crippen molar-refractivity contribution >= 4 is 23.2 Å². The second-order valence-electron chi connectivity index (χ2n) is 5.17. The number of carbonyl (C=O) groups excluding carboxylic acids is 2. The Kier molecular flexibility index (Phi) is 6.20. The molecule has 2 amide bonds. The molecular formula is C17H20N2O4S. The number of hydrogen-bond donors (Lipinski definition) is 1. The van der Waals surface area contributed by atoms with E-state index in [4.69, 9.17) is 9.47 Å². The third-order valence-electron chi connectivity index (χ3n) is 3.44. The highest BCUT2D eigenvalue weighted by Gasteiger charge is 2.14. The summed E-state index contributed by atoms with van der Waals surface area (Å²) in [5, 5.41) is 6.58. The van der Waals surface area contributed by atoms with Gasteiger partial charge in [0.05, 0.1) is 20.8 Å². The largest absolute Gasteiger partial charge is 0.497 e. The first kappa shape index (κ1) is 17.8. The van der Waals surface area contributed by atoms with E-state index in [1.807, 2.05) is 16.8 Å². The van der Waals surface area contributed by atoms with Crippen LogP contribution in [0.1, 0.15) is 15.9 Å². The summed E-state index contributed by atoms with van der Waals surface area (Å²) >= 11 is 1.58. The van der Waals surface area contributed by atoms with Gasteiger partial charge < -0.3 is 19.7 Å². The van der Waals surface area contributed by atoms with Crippen molar-refractivity contribution in [3.05, 3.63) is 46.2 Å². The number of nitrogens with one attached hydrogen (secondary N) is 1. The maximum Gasteiger partial charge on any atom is 0.251 e. The van der Waals surface area contributed by atoms with E-state index in [0.29, 0.717) is 23.6 Å². The fourth-order valence-corrected chi connectivity index (χ4v) is 2.74. The Morgan fingerprint density at radius 1 is 1.17 bits per heavy atom. The maximum absolute atomic E-state index is 12.2. The highest BCUT2D eigenvalue weighted by atomic mass is 32.1. The van der Waals surface area contributed by atoms with Gasteiger partial charge in [0, 0.05) is 25.2 Å². The zero-order chi connectivity index (χ0) is 17.5. The van der Waals surface area contributed by atoms with Gasteiger partial charge >= 0.3 is 0 Å². The Morgan fingerprint density at radius 2 is 1.83 bits per heavy atom. The van der Waals surface area contributed by atoms with E-state index >= 15 is 0 Å². The highest BCUT2D eigenvalue weighted by molar-refractivity contribution is 7.07. The Balaban J connectivity index is 1.93. The molecule has 0 aliphatic rings. The Hall–Kier alpha value is -2.54. The van der Waals surface area contributed by atoms with Crippen molar-refractivity contribution < 1.29 is 19.1 Å². The molecule has 0 unspecified atom stereocenters. The van der Waals surface area contributed by atoms with Gasteiger partial charge in [0.2, 0.25) is 5.91 Å². The van der Waals surface area contributed by atoms with Crippen molar-refractivity contribution in [2.45, 2.75) is 6.54 Å². The van der Waals surface area contributed by atoms with Crippen LogP contribution in [0.4, 0.5) is 0 Å². The number of benzene rings is 1. The summed E-state index contributed by atoms with van der Waals surface area (Å²) in [6.45, 7) is 0.449. The standard InChI is InChI=1S/C17H20N2O4S/c1-19(10-12-4-5-24-11-12)16(20)9-18-17(21)13-6-14(22-2)8-15(7-13)23-3/h4-8,11H,9-10H2,1-3H3,(H,18,21). The van der Waals surface area contributed by atoms with Crippen LogP contribution in [-0.4, -0.2) is 44.5 Å². The summed E-state index contributed by atoms with van der Waals surface area (Å²) < 4.78 is 10.3. The molecule has 0 bridgehead atoms. The number of nitrogens with zero attached hydrogens (tertiary/aromatic N) is 1. The van der Waals surface area contributed by atoms with Gasteiger partial charge in [-0.1, -0.05) is 0 Å². The van der Waals surface area contributed by atoms with Crippen LogP contribution < -0.4 is 14.8 Å². The molecule has 24 heavy (non-hydrogen) atoms. The van der Waals surface area contributed by atoms with Crippen LogP contribution in [0.2, 0.25) is 0 Å². The van der Waals surface area contributed by atoms with E-state index in [-0.39, 0.29) is 18.4 Å². The molecule has 1 aromatic heterocycles. The molecule has 1 heterocycles. The normalized spacial score (nSPS) is 10.1. The molecule has 0 fully saturated rings. The maximum atomic E-state index is 12.2. The SMILES string of the molecule is COc1cc(OC)cc(C(=O)NCC(=O)N(C)Cc2ccsc2)c1. The van der Waals surface area contributed by atoms with E-state index in [1.165, 1.54) is 14.2 Å². The summed E-state index contributed by atoms with van der Waals surface area (Å²) in [4.78, 5) is 25.9. The topological polar surface area (TPSA) is 67.9 Å². The van der Waals surface area contributed by atoms with E-state index in [2.05, 4.69) is 5.32 Å². The van der Waals surface area contributed by atoms with Crippen molar-refractivity contribution in [3.8, 4) is 11.5 Å². The third kappa shape index (κ3) is 4.73. The molecule has 128 valence electrons. The number of thiophene rings is 1. The molecule has 0 atom stereocenters. The summed E-state index contributed by atoms with van der Waals surface area (Å²) in [5.41, 5.74) is 1.44. The number of hydrogen-bond acceptors (Lipinski definition) is 5. The van der Waals surface area contributed by atoms with Crippen molar-refractivity contribution in [2.24, 2.45) is 0 Å². The molecule has 7 heteroatoms. The average Bonchev–Trinajstić information content (AvgIpc) is 3.11. The summed E-state index contributed by atoms with van der Waals surface area (Å²) in [6.07, 6.45) is 0. The van der Waals surface area contributed by atoms with Crippen molar-refractivity contribution in [1.29, 1.82) is 0 Å². The number of amides is 2. The lowest BCUT2D eigenvalue weighted by atomic mass is 10.2. The van der Waals surface area contributed by atoms with Crippen molar-refractivity contribution in [3.63, 3.8) is 0 Å². The lowest BCUT2D eigenvalue weighted by molar-refractivity contribution is -0.129. The van der Waals surface area contributed by atoms with Gasteiger partial charge in [0.15, 0.2) is 0 Å². The monoisotopic (exact) mass is 348 g/mol. The Bertz CT molecular complexity index is 678. The minimum absolute atomic E-state index is 0.0704. The zero-order valence-corrected chi connectivity index (χ0v) is 14.7. The Labute approximate surface area is 145 Å². The fraction of sp³-hybridized carbons (Fsp3) is 0.294. The molecule has 1 N–H and O–H groups in total. The van der Waals surface area contributed by atoms with Gasteiger partial charge in [-0.2, -0.15) is 11.3 Å². The Morgan fingerprint density at radius 3 is 2.38 bits per heavy atom. The first-order valence-corrected chi connectivity index (χ1v) is 8.24. The van der Waals surface area contributed by atoms with Crippen LogP contribution in [0.3, 0.4) is 0 Å². The molecule has 1 aromatic carbocycles. The molecule has 0 spiro atoms. The molecule has 2 rings (SSSR count). The molecule has 0 saturated carbocycles. The van der Waals surface area contributed by atoms with Crippen LogP contribution in [0.5, 0.6) is 11.5 Å². The fourth-order valence-electron chi connectivity index (χ4n) is 2.08. The molecular weight excluding hydrogens is 328 g/mol. The smallest absolute Gasteiger partial charge is 0.251 e. The van der Waals surface area contributed by atoms with Crippen LogP contribution in [0.25, 0.3) is 0 Å². The predicted octanol–water partition coefficient (Wildman–Crippen LogP) is 2.15. The zero-order valence-electron chi connectivity index (χ0n) is 13.9. The van der Waals surface area contributed by atoms with Gasteiger partial charge in [-0.15, -0.1) is 0 Å². The first-order chi connectivity index (χ1) is 11.5. The number of methoxy groups -OCH3 is 2. The second kappa shape index (κ2) is 8.35. The average molecular weight is 348 g/mol. The van der Waals surface area contributed by atoms with E-state index < -0.39 is 0 Å². The number of rotatable bonds is 7. The summed E-state index contributed by atoms with van der Waals surface area (Å²) in [7, 11) is 4.74. The van der Waals surface area contributed by atoms with Gasteiger partial charge in [-0.25, -0.2) is 0 Å². The number of ether oxygens (including phenoxy) is 2. The molecule has 0 saturated heterocycles.